The van der Waals surface area contributed by atoms with Crippen LogP contribution in [0.3, 0.4) is 0 Å². The maximum Gasteiger partial charge on any atom is -0.0216 e. The third-order valence-corrected chi connectivity index (χ3v) is 2.24. The van der Waals surface area contributed by atoms with Crippen molar-refractivity contribution >= 4 is 0 Å². The summed E-state index contributed by atoms with van der Waals surface area (Å²) < 4.78 is 0. The minimum atomic E-state index is 0.642. The summed E-state index contributed by atoms with van der Waals surface area (Å²) in [6, 6.07) is 8.72. The molecule has 0 saturated carbocycles. The highest BCUT2D eigenvalue weighted by atomic mass is 14.1. The highest BCUT2D eigenvalue weighted by molar-refractivity contribution is 5.31. The molecule has 0 bridgehead atoms. The summed E-state index contributed by atoms with van der Waals surface area (Å²) >= 11 is 0. The minimum absolute atomic E-state index is 0.642. The molecule has 0 heterocycles. The quantitative estimate of drug-likeness (QED) is 0.621. The molecule has 1 rings (SSSR count). The molecule has 1 aromatic carbocycles. The first-order valence-electron chi connectivity index (χ1n) is 5.71. The predicted octanol–water partition coefficient (Wildman–Crippen LogP) is 4.96. The lowest BCUT2D eigenvalue weighted by atomic mass is 9.91. The monoisotopic (exact) mass is 192 g/mol. The van der Waals surface area contributed by atoms with E-state index < -0.39 is 0 Å². The Morgan fingerprint density at radius 3 is 1.21 bits per heavy atom. The second-order valence-electron chi connectivity index (χ2n) is 3.94. The van der Waals surface area contributed by atoms with Gasteiger partial charge in [0.05, 0.1) is 0 Å². The maximum absolute atomic E-state index is 2.25. The first-order chi connectivity index (χ1) is 6.63. The van der Waals surface area contributed by atoms with Gasteiger partial charge in [0.15, 0.2) is 0 Å². The number of hydrogen-bond acceptors (Lipinski definition) is 0. The summed E-state index contributed by atoms with van der Waals surface area (Å²) in [7, 11) is 0. The van der Waals surface area contributed by atoms with Gasteiger partial charge in [-0.15, -0.1) is 0 Å². The van der Waals surface area contributed by atoms with Gasteiger partial charge < -0.3 is 0 Å². The van der Waals surface area contributed by atoms with Crippen molar-refractivity contribution in [1.29, 1.82) is 0 Å². The van der Waals surface area contributed by atoms with Crippen LogP contribution in [0.2, 0.25) is 0 Å². The molecule has 0 aliphatic rings. The first-order valence-corrected chi connectivity index (χ1v) is 5.71. The molecule has 0 N–H and O–H groups in total. The summed E-state index contributed by atoms with van der Waals surface area (Å²) in [5.74, 6) is 1.28. The zero-order valence-electron chi connectivity index (χ0n) is 10.5. The van der Waals surface area contributed by atoms with Crippen molar-refractivity contribution in [2.45, 2.75) is 53.4 Å². The Hall–Kier alpha value is -0.780. The standard InChI is InChI=1S/C12H18.C2H6/c1-9(2)11-7-5-6-8-12(11)10(3)4;1-2/h5-10H,1-4H3;1-2H3. The van der Waals surface area contributed by atoms with Gasteiger partial charge in [0.2, 0.25) is 0 Å². The van der Waals surface area contributed by atoms with Gasteiger partial charge in [-0.1, -0.05) is 65.8 Å². The maximum atomic E-state index is 2.25. The Bertz CT molecular complexity index is 219. The second kappa shape index (κ2) is 6.64. The third kappa shape index (κ3) is 3.53. The van der Waals surface area contributed by atoms with Crippen LogP contribution in [-0.4, -0.2) is 0 Å². The third-order valence-electron chi connectivity index (χ3n) is 2.24. The SMILES string of the molecule is CC.CC(C)c1ccccc1C(C)C. The number of rotatable bonds is 2. The first kappa shape index (κ1) is 13.2. The van der Waals surface area contributed by atoms with Gasteiger partial charge in [-0.25, -0.2) is 0 Å². The molecule has 14 heavy (non-hydrogen) atoms. The van der Waals surface area contributed by atoms with E-state index in [2.05, 4.69) is 52.0 Å². The van der Waals surface area contributed by atoms with Crippen LogP contribution >= 0.6 is 0 Å². The Kier molecular flexibility index (Phi) is 6.27. The molecule has 0 aliphatic carbocycles. The topological polar surface area (TPSA) is 0 Å². The lowest BCUT2D eigenvalue weighted by molar-refractivity contribution is 0.790. The van der Waals surface area contributed by atoms with Crippen molar-refractivity contribution in [2.75, 3.05) is 0 Å². The molecule has 0 unspecified atom stereocenters. The van der Waals surface area contributed by atoms with Gasteiger partial charge in [0.25, 0.3) is 0 Å². The van der Waals surface area contributed by atoms with E-state index in [0.29, 0.717) is 11.8 Å². The van der Waals surface area contributed by atoms with E-state index in [1.54, 1.807) is 0 Å². The summed E-state index contributed by atoms with van der Waals surface area (Å²) in [4.78, 5) is 0. The molecule has 0 heteroatoms. The fourth-order valence-electron chi connectivity index (χ4n) is 1.56. The zero-order chi connectivity index (χ0) is 11.1. The van der Waals surface area contributed by atoms with E-state index in [4.69, 9.17) is 0 Å². The van der Waals surface area contributed by atoms with Gasteiger partial charge >= 0.3 is 0 Å². The van der Waals surface area contributed by atoms with Crippen LogP contribution in [0.1, 0.15) is 64.5 Å². The summed E-state index contributed by atoms with van der Waals surface area (Å²) in [5.41, 5.74) is 2.99. The van der Waals surface area contributed by atoms with Gasteiger partial charge in [-0.2, -0.15) is 0 Å². The van der Waals surface area contributed by atoms with E-state index in [1.165, 1.54) is 11.1 Å². The molecular weight excluding hydrogens is 168 g/mol. The minimum Gasteiger partial charge on any atom is -0.0683 e. The van der Waals surface area contributed by atoms with E-state index in [1.807, 2.05) is 13.8 Å². The molecule has 1 aromatic rings. The van der Waals surface area contributed by atoms with Crippen molar-refractivity contribution in [1.82, 2.24) is 0 Å². The molecular formula is C14H24. The Morgan fingerprint density at radius 1 is 0.714 bits per heavy atom. The van der Waals surface area contributed by atoms with Crippen molar-refractivity contribution < 1.29 is 0 Å². The molecule has 0 aliphatic heterocycles. The van der Waals surface area contributed by atoms with Crippen LogP contribution in [0.15, 0.2) is 24.3 Å². The average molecular weight is 192 g/mol. The predicted molar refractivity (Wildman–Crippen MR) is 66.0 cm³/mol. The van der Waals surface area contributed by atoms with Crippen molar-refractivity contribution in [3.63, 3.8) is 0 Å². The molecule has 80 valence electrons. The van der Waals surface area contributed by atoms with E-state index >= 15 is 0 Å². The molecule has 0 fully saturated rings. The Morgan fingerprint density at radius 2 is 1.00 bits per heavy atom. The van der Waals surface area contributed by atoms with Crippen molar-refractivity contribution in [3.8, 4) is 0 Å². The van der Waals surface area contributed by atoms with Crippen LogP contribution in [0, 0.1) is 0 Å². The molecule has 0 saturated heterocycles. The van der Waals surface area contributed by atoms with Gasteiger partial charge in [-0.3, -0.25) is 0 Å². The van der Waals surface area contributed by atoms with Crippen LogP contribution in [0.25, 0.3) is 0 Å². The second-order valence-corrected chi connectivity index (χ2v) is 3.94. The zero-order valence-corrected chi connectivity index (χ0v) is 10.5. The number of benzene rings is 1. The highest BCUT2D eigenvalue weighted by Crippen LogP contribution is 2.25. The Balaban J connectivity index is 0.000000791. The van der Waals surface area contributed by atoms with Crippen molar-refractivity contribution in [2.24, 2.45) is 0 Å². The largest absolute Gasteiger partial charge is 0.0683 e. The van der Waals surface area contributed by atoms with Gasteiger partial charge in [0, 0.05) is 0 Å². The van der Waals surface area contributed by atoms with E-state index in [0.717, 1.165) is 0 Å². The van der Waals surface area contributed by atoms with E-state index in [9.17, 15) is 0 Å². The van der Waals surface area contributed by atoms with Crippen LogP contribution in [0.4, 0.5) is 0 Å². The summed E-state index contributed by atoms with van der Waals surface area (Å²) in [6.07, 6.45) is 0. The smallest absolute Gasteiger partial charge is 0.0216 e. The number of hydrogen-bond donors (Lipinski definition) is 0. The Labute approximate surface area is 89.4 Å². The van der Waals surface area contributed by atoms with E-state index in [-0.39, 0.29) is 0 Å². The fraction of sp³-hybridized carbons (Fsp3) is 0.571. The van der Waals surface area contributed by atoms with Crippen molar-refractivity contribution in [3.05, 3.63) is 35.4 Å². The van der Waals surface area contributed by atoms with Gasteiger partial charge in [-0.05, 0) is 23.0 Å². The molecule has 0 amide bonds. The summed E-state index contributed by atoms with van der Waals surface area (Å²) in [6.45, 7) is 13.0. The molecule has 0 atom stereocenters. The molecule has 0 spiro atoms. The molecule has 0 aromatic heterocycles. The highest BCUT2D eigenvalue weighted by Gasteiger charge is 2.07. The lowest BCUT2D eigenvalue weighted by Crippen LogP contribution is -1.97. The average Bonchev–Trinajstić information content (AvgIpc) is 2.20. The molecule has 0 nitrogen and oxygen atoms in total. The van der Waals surface area contributed by atoms with Crippen LogP contribution < -0.4 is 0 Å². The lowest BCUT2D eigenvalue weighted by Gasteiger charge is -2.14. The fourth-order valence-corrected chi connectivity index (χ4v) is 1.56. The van der Waals surface area contributed by atoms with Crippen LogP contribution in [-0.2, 0) is 0 Å². The molecule has 0 radical (unpaired) electrons. The normalized spacial score (nSPS) is 10.0. The van der Waals surface area contributed by atoms with Gasteiger partial charge in [0.1, 0.15) is 0 Å². The van der Waals surface area contributed by atoms with Crippen LogP contribution in [0.5, 0.6) is 0 Å². The summed E-state index contributed by atoms with van der Waals surface area (Å²) in [5, 5.41) is 0.